The first-order valence-corrected chi connectivity index (χ1v) is 12.4. The number of hydrogen-bond donors (Lipinski definition) is 2. The van der Waals surface area contributed by atoms with Crippen LogP contribution in [0.5, 0.6) is 0 Å². The first-order chi connectivity index (χ1) is 13.6. The molecular weight excluding hydrogens is 356 g/mol. The van der Waals surface area contributed by atoms with Crippen molar-refractivity contribution in [2.24, 2.45) is 29.1 Å². The van der Waals surface area contributed by atoms with Crippen molar-refractivity contribution in [1.82, 2.24) is 0 Å². The van der Waals surface area contributed by atoms with Crippen molar-refractivity contribution in [3.8, 4) is 0 Å². The highest BCUT2D eigenvalue weighted by molar-refractivity contribution is 5.26. The number of rotatable bonds is 6. The van der Waals surface area contributed by atoms with Crippen molar-refractivity contribution in [2.45, 2.75) is 117 Å². The van der Waals surface area contributed by atoms with Crippen LogP contribution in [0.1, 0.15) is 105 Å². The number of allylic oxidation sites excluding steroid dienone is 3. The van der Waals surface area contributed by atoms with E-state index in [1.165, 1.54) is 44.1 Å². The van der Waals surface area contributed by atoms with Crippen LogP contribution in [-0.2, 0) is 0 Å². The summed E-state index contributed by atoms with van der Waals surface area (Å²) in [6.07, 6.45) is 17.7. The van der Waals surface area contributed by atoms with Crippen molar-refractivity contribution >= 4 is 0 Å². The monoisotopic (exact) mass is 402 g/mol. The Morgan fingerprint density at radius 1 is 1.14 bits per heavy atom. The Morgan fingerprint density at radius 3 is 2.59 bits per heavy atom. The van der Waals surface area contributed by atoms with Gasteiger partial charge in [0.1, 0.15) is 0 Å². The molecule has 0 radical (unpaired) electrons. The minimum Gasteiger partial charge on any atom is -0.393 e. The molecule has 0 bridgehead atoms. The summed E-state index contributed by atoms with van der Waals surface area (Å²) in [7, 11) is 0. The van der Waals surface area contributed by atoms with Gasteiger partial charge in [-0.25, -0.2) is 0 Å². The zero-order valence-electron chi connectivity index (χ0n) is 19.7. The minimum atomic E-state index is -0.528. The third-order valence-electron chi connectivity index (χ3n) is 8.72. The summed E-state index contributed by atoms with van der Waals surface area (Å²) in [6.45, 7) is 11.2. The lowest BCUT2D eigenvalue weighted by Gasteiger charge is -2.44. The first kappa shape index (κ1) is 23.1. The lowest BCUT2D eigenvalue weighted by Crippen LogP contribution is -2.36. The Morgan fingerprint density at radius 2 is 1.86 bits per heavy atom. The van der Waals surface area contributed by atoms with E-state index >= 15 is 0 Å². The molecule has 0 heterocycles. The normalized spacial score (nSPS) is 39.7. The maximum Gasteiger partial charge on any atom is 0.0591 e. The van der Waals surface area contributed by atoms with Crippen LogP contribution >= 0.6 is 0 Å². The van der Waals surface area contributed by atoms with E-state index in [2.05, 4.69) is 32.9 Å². The van der Waals surface area contributed by atoms with E-state index in [0.29, 0.717) is 11.3 Å². The molecule has 3 saturated carbocycles. The third-order valence-corrected chi connectivity index (χ3v) is 8.72. The number of aliphatic hydroxyl groups is 2. The molecule has 0 saturated heterocycles. The zero-order chi connectivity index (χ0) is 21.2. The van der Waals surface area contributed by atoms with E-state index in [1.54, 1.807) is 5.57 Å². The van der Waals surface area contributed by atoms with Gasteiger partial charge < -0.3 is 10.2 Å². The van der Waals surface area contributed by atoms with Gasteiger partial charge in [0.25, 0.3) is 0 Å². The zero-order valence-corrected chi connectivity index (χ0v) is 19.7. The minimum absolute atomic E-state index is 0.131. The Labute approximate surface area is 179 Å². The van der Waals surface area contributed by atoms with E-state index in [-0.39, 0.29) is 6.10 Å². The van der Waals surface area contributed by atoms with E-state index < -0.39 is 5.60 Å². The maximum atomic E-state index is 10.1. The van der Waals surface area contributed by atoms with Crippen molar-refractivity contribution in [1.29, 1.82) is 0 Å². The van der Waals surface area contributed by atoms with Crippen LogP contribution in [0, 0.1) is 29.1 Å². The first-order valence-electron chi connectivity index (χ1n) is 12.4. The molecule has 3 fully saturated rings. The second-order valence-corrected chi connectivity index (χ2v) is 11.6. The molecule has 2 N–H and O–H groups in total. The number of aliphatic hydroxyl groups excluding tert-OH is 1. The van der Waals surface area contributed by atoms with Crippen LogP contribution in [0.2, 0.25) is 0 Å². The van der Waals surface area contributed by atoms with Crippen LogP contribution in [0.4, 0.5) is 0 Å². The number of fused-ring (bicyclic) bond motifs is 1. The van der Waals surface area contributed by atoms with Gasteiger partial charge in [0.05, 0.1) is 11.7 Å². The van der Waals surface area contributed by atoms with Crippen LogP contribution in [0.3, 0.4) is 0 Å². The predicted molar refractivity (Wildman–Crippen MR) is 123 cm³/mol. The molecule has 3 aliphatic rings. The molecule has 29 heavy (non-hydrogen) atoms. The van der Waals surface area contributed by atoms with E-state index in [1.807, 2.05) is 13.8 Å². The smallest absolute Gasteiger partial charge is 0.0591 e. The highest BCUT2D eigenvalue weighted by Crippen LogP contribution is 2.60. The average molecular weight is 403 g/mol. The second kappa shape index (κ2) is 9.27. The molecule has 0 aromatic heterocycles. The summed E-state index contributed by atoms with van der Waals surface area (Å²) in [5, 5.41) is 20.1. The van der Waals surface area contributed by atoms with Crippen molar-refractivity contribution in [2.75, 3.05) is 0 Å². The highest BCUT2D eigenvalue weighted by Gasteiger charge is 2.50. The largest absolute Gasteiger partial charge is 0.393 e. The molecule has 0 aromatic carbocycles. The molecule has 3 rings (SSSR count). The van der Waals surface area contributed by atoms with E-state index in [9.17, 15) is 10.2 Å². The van der Waals surface area contributed by atoms with Crippen molar-refractivity contribution in [3.05, 3.63) is 23.3 Å². The number of hydrogen-bond acceptors (Lipinski definition) is 2. The Bertz CT molecular complexity index is 611. The van der Waals surface area contributed by atoms with Gasteiger partial charge in [-0.05, 0) is 101 Å². The van der Waals surface area contributed by atoms with Gasteiger partial charge >= 0.3 is 0 Å². The third kappa shape index (κ3) is 5.56. The standard InChI is InChI=1S/C27H46O2/c1-19-10-13-23(28)18-22(19)12-11-21-9-7-17-27(5)24(14-15-25(21)27)20(2)8-6-16-26(3,4)29/h11-12,19-20,23-25,28-29H,6-10,13-18H2,1-5H3/b21-11+,22-12+/t19-,20-,23+,24-,25+,27-/m1/s1. The molecular formula is C27H46O2. The maximum absolute atomic E-state index is 10.1. The molecule has 0 aliphatic heterocycles. The SMILES string of the molecule is C[C@@H]1CC[C@H](O)C/C1=C\C=C1/CCC[C@]2(C)[C@@H]([C@H](C)CCCC(C)(C)O)CC[C@@H]12. The molecule has 0 amide bonds. The fraction of sp³-hybridized carbons (Fsp3) is 0.852. The fourth-order valence-electron chi connectivity index (χ4n) is 6.92. The van der Waals surface area contributed by atoms with Gasteiger partial charge in [-0.15, -0.1) is 0 Å². The van der Waals surface area contributed by atoms with Crippen LogP contribution in [0.25, 0.3) is 0 Å². The summed E-state index contributed by atoms with van der Waals surface area (Å²) in [4.78, 5) is 0. The van der Waals surface area contributed by atoms with Gasteiger partial charge in [-0.1, -0.05) is 56.9 Å². The molecule has 6 atom stereocenters. The van der Waals surface area contributed by atoms with Gasteiger partial charge in [-0.2, -0.15) is 0 Å². The summed E-state index contributed by atoms with van der Waals surface area (Å²) in [5.41, 5.74) is 3.07. The van der Waals surface area contributed by atoms with Crippen LogP contribution < -0.4 is 0 Å². The van der Waals surface area contributed by atoms with E-state index in [0.717, 1.165) is 49.9 Å². The molecule has 0 aromatic rings. The highest BCUT2D eigenvalue weighted by atomic mass is 16.3. The summed E-state index contributed by atoms with van der Waals surface area (Å²) in [5.74, 6) is 2.94. The second-order valence-electron chi connectivity index (χ2n) is 11.6. The topological polar surface area (TPSA) is 40.5 Å². The van der Waals surface area contributed by atoms with Gasteiger partial charge in [0, 0.05) is 0 Å². The quantitative estimate of drug-likeness (QED) is 0.512. The Balaban J connectivity index is 1.68. The van der Waals surface area contributed by atoms with Crippen molar-refractivity contribution < 1.29 is 10.2 Å². The summed E-state index contributed by atoms with van der Waals surface area (Å²) in [6, 6.07) is 0. The molecule has 2 heteroatoms. The molecule has 0 unspecified atom stereocenters. The van der Waals surface area contributed by atoms with Gasteiger partial charge in [-0.3, -0.25) is 0 Å². The Kier molecular flexibility index (Phi) is 7.37. The molecule has 3 aliphatic carbocycles. The summed E-state index contributed by atoms with van der Waals surface area (Å²) < 4.78 is 0. The van der Waals surface area contributed by atoms with Crippen LogP contribution in [0.15, 0.2) is 23.3 Å². The Hall–Kier alpha value is -0.600. The van der Waals surface area contributed by atoms with E-state index in [4.69, 9.17) is 0 Å². The molecule has 2 nitrogen and oxygen atoms in total. The van der Waals surface area contributed by atoms with Gasteiger partial charge in [0.2, 0.25) is 0 Å². The van der Waals surface area contributed by atoms with Crippen molar-refractivity contribution in [3.63, 3.8) is 0 Å². The van der Waals surface area contributed by atoms with Crippen LogP contribution in [-0.4, -0.2) is 21.9 Å². The molecule has 0 spiro atoms. The molecule has 166 valence electrons. The lowest BCUT2D eigenvalue weighted by molar-refractivity contribution is 0.0596. The fourth-order valence-corrected chi connectivity index (χ4v) is 6.92. The predicted octanol–water partition coefficient (Wildman–Crippen LogP) is 6.81. The van der Waals surface area contributed by atoms with Gasteiger partial charge in [0.15, 0.2) is 0 Å². The summed E-state index contributed by atoms with van der Waals surface area (Å²) >= 11 is 0. The average Bonchev–Trinajstić information content (AvgIpc) is 2.99. The lowest BCUT2D eigenvalue weighted by atomic mass is 9.60.